The summed E-state index contributed by atoms with van der Waals surface area (Å²) in [5.74, 6) is 0.242. The molecular formula is C42H29N3O. The van der Waals surface area contributed by atoms with Crippen LogP contribution in [0.15, 0.2) is 170 Å². The van der Waals surface area contributed by atoms with Gasteiger partial charge in [-0.3, -0.25) is 0 Å². The Morgan fingerprint density at radius 3 is 1.22 bits per heavy atom. The molecule has 46 heavy (non-hydrogen) atoms. The van der Waals surface area contributed by atoms with Crippen LogP contribution in [0.1, 0.15) is 0 Å². The molecule has 0 amide bonds. The highest BCUT2D eigenvalue weighted by atomic mass is 16.3. The van der Waals surface area contributed by atoms with E-state index in [1.165, 1.54) is 32.6 Å². The number of phenols is 1. The Morgan fingerprint density at radius 1 is 0.348 bits per heavy atom. The summed E-state index contributed by atoms with van der Waals surface area (Å²) in [4.78, 5) is 2.28. The highest BCUT2D eigenvalue weighted by Crippen LogP contribution is 2.42. The summed E-state index contributed by atoms with van der Waals surface area (Å²) in [6.45, 7) is 0. The zero-order valence-corrected chi connectivity index (χ0v) is 25.0. The monoisotopic (exact) mass is 591 g/mol. The first-order valence-corrected chi connectivity index (χ1v) is 15.5. The minimum atomic E-state index is 0.242. The average Bonchev–Trinajstić information content (AvgIpc) is 3.62. The third-order valence-electron chi connectivity index (χ3n) is 8.97. The molecule has 0 saturated heterocycles. The van der Waals surface area contributed by atoms with Crippen LogP contribution in [0, 0.1) is 0 Å². The Morgan fingerprint density at radius 2 is 0.739 bits per heavy atom. The largest absolute Gasteiger partial charge is 0.508 e. The van der Waals surface area contributed by atoms with Crippen LogP contribution in [0.4, 0.5) is 17.1 Å². The predicted molar refractivity (Wildman–Crippen MR) is 191 cm³/mol. The van der Waals surface area contributed by atoms with E-state index in [1.54, 1.807) is 12.1 Å². The zero-order valence-electron chi connectivity index (χ0n) is 25.0. The van der Waals surface area contributed by atoms with Crippen LogP contribution in [0.5, 0.6) is 5.75 Å². The van der Waals surface area contributed by atoms with Gasteiger partial charge in [0, 0.05) is 50.0 Å². The highest BCUT2D eigenvalue weighted by molar-refractivity contribution is 6.12. The molecular weight excluding hydrogens is 562 g/mol. The molecule has 2 heterocycles. The van der Waals surface area contributed by atoms with Crippen molar-refractivity contribution in [1.29, 1.82) is 0 Å². The minimum absolute atomic E-state index is 0.242. The van der Waals surface area contributed by atoms with Crippen molar-refractivity contribution in [2.45, 2.75) is 0 Å². The molecule has 4 nitrogen and oxygen atoms in total. The van der Waals surface area contributed by atoms with E-state index in [4.69, 9.17) is 0 Å². The molecule has 4 heteroatoms. The summed E-state index contributed by atoms with van der Waals surface area (Å²) in [6.07, 6.45) is 0. The minimum Gasteiger partial charge on any atom is -0.508 e. The first kappa shape index (κ1) is 26.2. The van der Waals surface area contributed by atoms with E-state index in [2.05, 4.69) is 160 Å². The van der Waals surface area contributed by atoms with Crippen molar-refractivity contribution in [3.05, 3.63) is 170 Å². The molecule has 0 unspecified atom stereocenters. The van der Waals surface area contributed by atoms with E-state index in [9.17, 15) is 5.11 Å². The quantitative estimate of drug-likeness (QED) is 0.216. The van der Waals surface area contributed by atoms with Crippen molar-refractivity contribution >= 4 is 60.7 Å². The van der Waals surface area contributed by atoms with Crippen LogP contribution < -0.4 is 4.90 Å². The van der Waals surface area contributed by atoms with E-state index in [-0.39, 0.29) is 5.75 Å². The van der Waals surface area contributed by atoms with Crippen LogP contribution in [0.2, 0.25) is 0 Å². The number of phenolic OH excluding ortho intramolecular Hbond substituents is 1. The topological polar surface area (TPSA) is 33.3 Å². The summed E-state index contributed by atoms with van der Waals surface area (Å²) in [7, 11) is 0. The van der Waals surface area contributed by atoms with Gasteiger partial charge in [0.2, 0.25) is 0 Å². The van der Waals surface area contributed by atoms with E-state index < -0.39 is 0 Å². The fraction of sp³-hybridized carbons (Fsp3) is 0. The summed E-state index contributed by atoms with van der Waals surface area (Å²) >= 11 is 0. The number of anilines is 3. The number of nitrogens with zero attached hydrogens (tertiary/aromatic N) is 3. The van der Waals surface area contributed by atoms with E-state index >= 15 is 0 Å². The summed E-state index contributed by atoms with van der Waals surface area (Å²) in [5.41, 5.74) is 9.98. The molecule has 0 saturated carbocycles. The van der Waals surface area contributed by atoms with Crippen LogP contribution >= 0.6 is 0 Å². The van der Waals surface area contributed by atoms with Gasteiger partial charge in [0.15, 0.2) is 0 Å². The van der Waals surface area contributed by atoms with Gasteiger partial charge in [-0.2, -0.15) is 0 Å². The standard InChI is InChI=1S/C42H29N3O/c46-34-23-19-31(20-24-34)43(32-21-25-41-37(27-32)35-15-7-9-17-39(35)44(41)29-11-3-1-4-12-29)33-22-26-42-38(28-33)36-16-8-10-18-40(36)45(42)30-13-5-2-6-14-30/h1-28,46H. The maximum Gasteiger partial charge on any atom is 0.115 e. The molecule has 2 aromatic heterocycles. The Balaban J connectivity index is 1.29. The van der Waals surface area contributed by atoms with Crippen molar-refractivity contribution in [2.24, 2.45) is 0 Å². The van der Waals surface area contributed by atoms with Crippen LogP contribution in [0.3, 0.4) is 0 Å². The molecule has 1 N–H and O–H groups in total. The summed E-state index contributed by atoms with van der Waals surface area (Å²) < 4.78 is 4.67. The molecule has 0 spiro atoms. The first-order valence-electron chi connectivity index (χ1n) is 15.5. The van der Waals surface area contributed by atoms with Crippen LogP contribution in [-0.2, 0) is 0 Å². The van der Waals surface area contributed by atoms with Gasteiger partial charge in [-0.25, -0.2) is 0 Å². The van der Waals surface area contributed by atoms with Gasteiger partial charge in [0.25, 0.3) is 0 Å². The smallest absolute Gasteiger partial charge is 0.115 e. The number of fused-ring (bicyclic) bond motifs is 6. The van der Waals surface area contributed by atoms with Gasteiger partial charge in [0.1, 0.15) is 5.75 Å². The van der Waals surface area contributed by atoms with Crippen molar-refractivity contribution in [3.8, 4) is 17.1 Å². The normalized spacial score (nSPS) is 11.6. The second-order valence-electron chi connectivity index (χ2n) is 11.6. The maximum atomic E-state index is 10.2. The second kappa shape index (κ2) is 10.4. The number of aromatic nitrogens is 2. The Hall–Kier alpha value is -6.26. The van der Waals surface area contributed by atoms with Gasteiger partial charge in [0.05, 0.1) is 22.1 Å². The molecule has 0 aliphatic heterocycles. The summed E-state index contributed by atoms with van der Waals surface area (Å²) in [6, 6.07) is 59.2. The third-order valence-corrected chi connectivity index (χ3v) is 8.97. The lowest BCUT2D eigenvalue weighted by Gasteiger charge is -2.26. The number of para-hydroxylation sites is 4. The SMILES string of the molecule is Oc1ccc(N(c2ccc3c(c2)c2ccccc2n3-c2ccccc2)c2ccc3c(c2)c2ccccc2n3-c2ccccc2)cc1. The molecule has 218 valence electrons. The van der Waals surface area contributed by atoms with Gasteiger partial charge in [-0.15, -0.1) is 0 Å². The molecule has 0 fully saturated rings. The number of hydrogen-bond donors (Lipinski definition) is 1. The van der Waals surface area contributed by atoms with Crippen molar-refractivity contribution in [3.63, 3.8) is 0 Å². The van der Waals surface area contributed by atoms with E-state index in [1.807, 2.05) is 12.1 Å². The van der Waals surface area contributed by atoms with Gasteiger partial charge >= 0.3 is 0 Å². The Labute approximate surface area is 266 Å². The van der Waals surface area contributed by atoms with E-state index in [0.717, 1.165) is 39.5 Å². The lowest BCUT2D eigenvalue weighted by atomic mass is 10.1. The van der Waals surface area contributed by atoms with Gasteiger partial charge in [-0.05, 0) is 97.1 Å². The van der Waals surface area contributed by atoms with Crippen molar-refractivity contribution < 1.29 is 5.11 Å². The molecule has 7 aromatic carbocycles. The number of hydrogen-bond acceptors (Lipinski definition) is 2. The lowest BCUT2D eigenvalue weighted by molar-refractivity contribution is 0.475. The average molecular weight is 592 g/mol. The molecule has 9 rings (SSSR count). The molecule has 9 aromatic rings. The third kappa shape index (κ3) is 4.08. The fourth-order valence-electron chi connectivity index (χ4n) is 6.96. The Kier molecular flexibility index (Phi) is 5.93. The zero-order chi connectivity index (χ0) is 30.6. The lowest BCUT2D eigenvalue weighted by Crippen LogP contribution is -2.09. The highest BCUT2D eigenvalue weighted by Gasteiger charge is 2.19. The van der Waals surface area contributed by atoms with Crippen LogP contribution in [-0.4, -0.2) is 14.2 Å². The number of rotatable bonds is 5. The predicted octanol–water partition coefficient (Wildman–Crippen LogP) is 11.1. The molecule has 0 aliphatic carbocycles. The molecule has 0 aliphatic rings. The molecule has 0 bridgehead atoms. The van der Waals surface area contributed by atoms with Gasteiger partial charge in [-0.1, -0.05) is 72.8 Å². The first-order chi connectivity index (χ1) is 22.7. The summed E-state index contributed by atoms with van der Waals surface area (Å²) in [5, 5.41) is 15.0. The van der Waals surface area contributed by atoms with Crippen molar-refractivity contribution in [1.82, 2.24) is 9.13 Å². The molecule has 0 atom stereocenters. The van der Waals surface area contributed by atoms with Crippen LogP contribution in [0.25, 0.3) is 55.0 Å². The number of benzene rings is 7. The maximum absolute atomic E-state index is 10.2. The van der Waals surface area contributed by atoms with Crippen molar-refractivity contribution in [2.75, 3.05) is 4.90 Å². The van der Waals surface area contributed by atoms with Gasteiger partial charge < -0.3 is 19.1 Å². The second-order valence-corrected chi connectivity index (χ2v) is 11.6. The number of aromatic hydroxyl groups is 1. The fourth-order valence-corrected chi connectivity index (χ4v) is 6.96. The van der Waals surface area contributed by atoms with E-state index in [0.29, 0.717) is 0 Å². The Bertz CT molecular complexity index is 2370. The molecule has 0 radical (unpaired) electrons.